The third kappa shape index (κ3) is 6.15. The third-order valence-electron chi connectivity index (χ3n) is 4.86. The van der Waals surface area contributed by atoms with Crippen molar-refractivity contribution in [1.82, 2.24) is 10.3 Å². The number of benzene rings is 1. The first-order valence-electron chi connectivity index (χ1n) is 9.74. The van der Waals surface area contributed by atoms with E-state index in [1.165, 1.54) is 18.9 Å². The number of carbonyl (C=O) groups is 1. The number of rotatable bonds is 7. The molecular weight excluding hydrogens is 388 g/mol. The van der Waals surface area contributed by atoms with Crippen molar-refractivity contribution in [3.8, 4) is 11.5 Å². The van der Waals surface area contributed by atoms with Crippen molar-refractivity contribution in [2.45, 2.75) is 44.6 Å². The second-order valence-electron chi connectivity index (χ2n) is 7.43. The van der Waals surface area contributed by atoms with E-state index in [-0.39, 0.29) is 5.69 Å². The lowest BCUT2D eigenvalue weighted by atomic mass is 9.99. The number of carbonyl (C=O) groups excluding carboxylic acids is 1. The lowest BCUT2D eigenvalue weighted by molar-refractivity contribution is 0.0939. The van der Waals surface area contributed by atoms with Crippen LogP contribution in [0.15, 0.2) is 54.1 Å². The smallest absolute Gasteiger partial charge is 0.274 e. The Balaban J connectivity index is 1.85. The van der Waals surface area contributed by atoms with E-state index in [0.29, 0.717) is 17.4 Å². The first-order chi connectivity index (χ1) is 13.8. The fraction of sp³-hybridized carbons (Fsp3) is 0.364. The average Bonchev–Trinajstić information content (AvgIpc) is 3.21. The Kier molecular flexibility index (Phi) is 6.69. The van der Waals surface area contributed by atoms with E-state index in [2.05, 4.69) is 10.3 Å². The maximum Gasteiger partial charge on any atom is 0.274 e. The van der Waals surface area contributed by atoms with Crippen LogP contribution in [0, 0.1) is 0 Å². The van der Waals surface area contributed by atoms with Gasteiger partial charge in [0.05, 0.1) is 0 Å². The van der Waals surface area contributed by atoms with Crippen LogP contribution in [0.1, 0.15) is 54.6 Å². The monoisotopic (exact) mass is 414 g/mol. The van der Waals surface area contributed by atoms with E-state index in [1.54, 1.807) is 13.1 Å². The van der Waals surface area contributed by atoms with Crippen LogP contribution < -0.4 is 10.1 Å². The Morgan fingerprint density at radius 1 is 1.24 bits per heavy atom. The van der Waals surface area contributed by atoms with Gasteiger partial charge in [0, 0.05) is 23.9 Å². The molecule has 1 aliphatic rings. The summed E-state index contributed by atoms with van der Waals surface area (Å²) in [4.78, 5) is 17.2. The molecule has 1 fully saturated rings. The number of pyridine rings is 1. The standard InChI is InChI=1S/C22H26N2O4S/c1-16(12-13-29(2,26)27)24-22(25)21-20(28-19-10-4-3-5-11-19)14-18(15-23-21)17-8-6-7-9-17/h3-5,10-17H,6-9H2,1-2H3,(H,24,25). The first kappa shape index (κ1) is 21.0. The zero-order chi connectivity index (χ0) is 20.9. The molecule has 1 aromatic carbocycles. The number of sulfone groups is 1. The Morgan fingerprint density at radius 2 is 1.93 bits per heavy atom. The van der Waals surface area contributed by atoms with Gasteiger partial charge in [-0.1, -0.05) is 37.1 Å². The lowest BCUT2D eigenvalue weighted by Gasteiger charge is -2.16. The molecule has 154 valence electrons. The summed E-state index contributed by atoms with van der Waals surface area (Å²) < 4.78 is 28.5. The Morgan fingerprint density at radius 3 is 2.59 bits per heavy atom. The molecule has 0 saturated heterocycles. The molecule has 2 aromatic rings. The Hall–Kier alpha value is -2.67. The van der Waals surface area contributed by atoms with Crippen LogP contribution in [0.4, 0.5) is 0 Å². The van der Waals surface area contributed by atoms with Gasteiger partial charge in [0.15, 0.2) is 21.3 Å². The van der Waals surface area contributed by atoms with E-state index in [4.69, 9.17) is 4.74 Å². The Bertz CT molecular complexity index is 981. The molecule has 0 spiro atoms. The van der Waals surface area contributed by atoms with Crippen LogP contribution in [0.25, 0.3) is 0 Å². The lowest BCUT2D eigenvalue weighted by Crippen LogP contribution is -2.32. The molecule has 1 atom stereocenters. The van der Waals surface area contributed by atoms with Crippen molar-refractivity contribution in [3.63, 3.8) is 0 Å². The molecule has 3 rings (SSSR count). The fourth-order valence-electron chi connectivity index (χ4n) is 3.39. The average molecular weight is 415 g/mol. The van der Waals surface area contributed by atoms with E-state index >= 15 is 0 Å². The molecule has 0 bridgehead atoms. The van der Waals surface area contributed by atoms with Crippen molar-refractivity contribution in [2.24, 2.45) is 0 Å². The van der Waals surface area contributed by atoms with Gasteiger partial charge in [-0.05, 0) is 49.4 Å². The van der Waals surface area contributed by atoms with Gasteiger partial charge < -0.3 is 10.1 Å². The quantitative estimate of drug-likeness (QED) is 0.734. The highest BCUT2D eigenvalue weighted by molar-refractivity contribution is 7.93. The largest absolute Gasteiger partial charge is 0.455 e. The highest BCUT2D eigenvalue weighted by Crippen LogP contribution is 2.36. The second-order valence-corrected chi connectivity index (χ2v) is 9.36. The maximum atomic E-state index is 12.8. The number of aromatic nitrogens is 1. The molecule has 0 radical (unpaired) electrons. The third-order valence-corrected chi connectivity index (χ3v) is 5.51. The van der Waals surface area contributed by atoms with Crippen LogP contribution in [-0.2, 0) is 9.84 Å². The molecule has 1 amide bonds. The zero-order valence-corrected chi connectivity index (χ0v) is 17.5. The normalized spacial score (nSPS) is 16.1. The molecular formula is C22H26N2O4S. The number of nitrogens with zero attached hydrogens (tertiary/aromatic N) is 1. The molecule has 1 saturated carbocycles. The minimum absolute atomic E-state index is 0.176. The first-order valence-corrected chi connectivity index (χ1v) is 11.7. The summed E-state index contributed by atoms with van der Waals surface area (Å²) in [5, 5.41) is 3.83. The molecule has 29 heavy (non-hydrogen) atoms. The maximum absolute atomic E-state index is 12.8. The molecule has 6 nitrogen and oxygen atoms in total. The van der Waals surface area contributed by atoms with E-state index in [9.17, 15) is 13.2 Å². The predicted octanol–water partition coefficient (Wildman–Crippen LogP) is 4.21. The van der Waals surface area contributed by atoms with Crippen LogP contribution >= 0.6 is 0 Å². The van der Waals surface area contributed by atoms with Crippen molar-refractivity contribution in [2.75, 3.05) is 6.26 Å². The predicted molar refractivity (Wildman–Crippen MR) is 113 cm³/mol. The zero-order valence-electron chi connectivity index (χ0n) is 16.7. The summed E-state index contributed by atoms with van der Waals surface area (Å²) in [6.07, 6.45) is 8.92. The van der Waals surface area contributed by atoms with Crippen LogP contribution in [0.2, 0.25) is 0 Å². The highest BCUT2D eigenvalue weighted by Gasteiger charge is 2.22. The minimum Gasteiger partial charge on any atom is -0.455 e. The summed E-state index contributed by atoms with van der Waals surface area (Å²) >= 11 is 0. The number of nitrogens with one attached hydrogen (secondary N) is 1. The van der Waals surface area contributed by atoms with E-state index < -0.39 is 21.8 Å². The topological polar surface area (TPSA) is 85.4 Å². The van der Waals surface area contributed by atoms with Crippen molar-refractivity contribution >= 4 is 15.7 Å². The van der Waals surface area contributed by atoms with Gasteiger partial charge in [-0.2, -0.15) is 0 Å². The number of hydrogen-bond donors (Lipinski definition) is 1. The van der Waals surface area contributed by atoms with Crippen LogP contribution in [0.3, 0.4) is 0 Å². The fourth-order valence-corrected chi connectivity index (χ4v) is 3.91. The van der Waals surface area contributed by atoms with Crippen molar-refractivity contribution < 1.29 is 17.9 Å². The van der Waals surface area contributed by atoms with Crippen LogP contribution in [-0.4, -0.2) is 31.6 Å². The number of hydrogen-bond acceptors (Lipinski definition) is 5. The summed E-state index contributed by atoms with van der Waals surface area (Å²) in [7, 11) is -3.26. The number of para-hydroxylation sites is 1. The summed E-state index contributed by atoms with van der Waals surface area (Å²) in [6.45, 7) is 1.70. The summed E-state index contributed by atoms with van der Waals surface area (Å²) in [5.74, 6) is 1.04. The van der Waals surface area contributed by atoms with E-state index in [0.717, 1.165) is 30.1 Å². The number of ether oxygens (including phenoxy) is 1. The molecule has 1 N–H and O–H groups in total. The van der Waals surface area contributed by atoms with Gasteiger partial charge in [-0.25, -0.2) is 13.4 Å². The summed E-state index contributed by atoms with van der Waals surface area (Å²) in [6, 6.07) is 10.7. The van der Waals surface area contributed by atoms with Gasteiger partial charge in [0.2, 0.25) is 0 Å². The molecule has 1 aliphatic carbocycles. The molecule has 1 heterocycles. The van der Waals surface area contributed by atoms with Gasteiger partial charge in [-0.3, -0.25) is 4.79 Å². The minimum atomic E-state index is -3.26. The Labute approximate surface area is 171 Å². The number of amides is 1. The van der Waals surface area contributed by atoms with Gasteiger partial charge >= 0.3 is 0 Å². The SMILES string of the molecule is CC(C=CS(C)(=O)=O)NC(=O)c1ncc(C2CCCC2)cc1Oc1ccccc1. The van der Waals surface area contributed by atoms with Gasteiger partial charge in [-0.15, -0.1) is 0 Å². The second kappa shape index (κ2) is 9.22. The van der Waals surface area contributed by atoms with Gasteiger partial charge in [0.1, 0.15) is 5.75 Å². The molecule has 1 unspecified atom stereocenters. The summed E-state index contributed by atoms with van der Waals surface area (Å²) in [5.41, 5.74) is 1.25. The molecule has 1 aromatic heterocycles. The highest BCUT2D eigenvalue weighted by atomic mass is 32.2. The van der Waals surface area contributed by atoms with Crippen LogP contribution in [0.5, 0.6) is 11.5 Å². The molecule has 0 aliphatic heterocycles. The van der Waals surface area contributed by atoms with Gasteiger partial charge in [0.25, 0.3) is 5.91 Å². The van der Waals surface area contributed by atoms with E-state index in [1.807, 2.05) is 36.4 Å². The van der Waals surface area contributed by atoms with Crippen molar-refractivity contribution in [1.29, 1.82) is 0 Å². The van der Waals surface area contributed by atoms with Crippen molar-refractivity contribution in [3.05, 3.63) is 65.3 Å². The molecule has 7 heteroatoms.